The molecule has 1 aliphatic rings. The topological polar surface area (TPSA) is 63.7 Å². The Balaban J connectivity index is 2.33. The Morgan fingerprint density at radius 3 is 2.65 bits per heavy atom. The van der Waals surface area contributed by atoms with Crippen LogP contribution in [0.1, 0.15) is 28.6 Å². The summed E-state index contributed by atoms with van der Waals surface area (Å²) >= 11 is 1.11. The molecule has 20 heavy (non-hydrogen) atoms. The second-order valence-corrected chi connectivity index (χ2v) is 8.19. The van der Waals surface area contributed by atoms with Gasteiger partial charge in [-0.1, -0.05) is 6.92 Å². The number of thiophene rings is 1. The minimum absolute atomic E-state index is 0.0881. The number of hydrogen-bond acceptors (Lipinski definition) is 5. The van der Waals surface area contributed by atoms with Crippen LogP contribution in [-0.4, -0.2) is 39.4 Å². The summed E-state index contributed by atoms with van der Waals surface area (Å²) in [4.78, 5) is 12.0. The molecule has 0 aromatic carbocycles. The van der Waals surface area contributed by atoms with Crippen LogP contribution in [0.15, 0.2) is 10.3 Å². The number of nitrogens with zero attached hydrogens (tertiary/aromatic N) is 1. The molecule has 0 saturated heterocycles. The fraction of sp³-hybridized carbons (Fsp3) is 0.615. The van der Waals surface area contributed by atoms with Crippen molar-refractivity contribution in [1.82, 2.24) is 4.31 Å². The SMILES string of the molecule is COC(=O)c1scc(C)c1S(=O)(=O)N(C)CC1CC1C. The normalized spacial score (nSPS) is 22.1. The molecule has 0 aliphatic heterocycles. The lowest BCUT2D eigenvalue weighted by molar-refractivity contribution is 0.0602. The van der Waals surface area contributed by atoms with Gasteiger partial charge in [0.25, 0.3) is 0 Å². The Morgan fingerprint density at radius 2 is 2.15 bits per heavy atom. The molecule has 0 spiro atoms. The zero-order valence-corrected chi connectivity index (χ0v) is 13.7. The predicted octanol–water partition coefficient (Wildman–Crippen LogP) is 2.12. The quantitative estimate of drug-likeness (QED) is 0.780. The smallest absolute Gasteiger partial charge is 0.349 e. The number of sulfonamides is 1. The number of aryl methyl sites for hydroxylation is 1. The number of carbonyl (C=O) groups excluding carboxylic acids is 1. The molecule has 112 valence electrons. The summed E-state index contributed by atoms with van der Waals surface area (Å²) < 4.78 is 31.3. The minimum atomic E-state index is -3.65. The van der Waals surface area contributed by atoms with Crippen molar-refractivity contribution in [2.75, 3.05) is 20.7 Å². The number of ether oxygens (including phenoxy) is 1. The number of rotatable bonds is 5. The second kappa shape index (κ2) is 5.46. The maximum Gasteiger partial charge on any atom is 0.349 e. The zero-order valence-electron chi connectivity index (χ0n) is 12.0. The number of hydrogen-bond donors (Lipinski definition) is 0. The highest BCUT2D eigenvalue weighted by Crippen LogP contribution is 2.39. The third-order valence-corrected chi connectivity index (χ3v) is 6.94. The van der Waals surface area contributed by atoms with Crippen LogP contribution in [0.4, 0.5) is 0 Å². The van der Waals surface area contributed by atoms with E-state index in [-0.39, 0.29) is 9.77 Å². The molecule has 1 aliphatic carbocycles. The molecule has 1 saturated carbocycles. The van der Waals surface area contributed by atoms with Crippen LogP contribution in [0, 0.1) is 18.8 Å². The molecule has 7 heteroatoms. The molecular formula is C13H19NO4S2. The van der Waals surface area contributed by atoms with Crippen molar-refractivity contribution >= 4 is 27.3 Å². The van der Waals surface area contributed by atoms with Gasteiger partial charge in [0.2, 0.25) is 10.0 Å². The predicted molar refractivity (Wildman–Crippen MR) is 77.5 cm³/mol. The second-order valence-electron chi connectivity index (χ2n) is 5.33. The van der Waals surface area contributed by atoms with E-state index in [0.29, 0.717) is 23.9 Å². The number of esters is 1. The van der Waals surface area contributed by atoms with E-state index >= 15 is 0 Å². The molecule has 0 amide bonds. The summed E-state index contributed by atoms with van der Waals surface area (Å²) in [6.07, 6.45) is 1.06. The lowest BCUT2D eigenvalue weighted by Gasteiger charge is -2.18. The Kier molecular flexibility index (Phi) is 4.22. The molecule has 2 rings (SSSR count). The monoisotopic (exact) mass is 317 g/mol. The van der Waals surface area contributed by atoms with Crippen LogP contribution in [0.25, 0.3) is 0 Å². The Bertz CT molecular complexity index is 620. The maximum absolute atomic E-state index is 12.7. The molecule has 2 atom stereocenters. The van der Waals surface area contributed by atoms with Gasteiger partial charge < -0.3 is 4.74 Å². The molecule has 5 nitrogen and oxygen atoms in total. The van der Waals surface area contributed by atoms with Crippen LogP contribution in [0.2, 0.25) is 0 Å². The molecule has 0 N–H and O–H groups in total. The van der Waals surface area contributed by atoms with E-state index in [0.717, 1.165) is 17.8 Å². The Hall–Kier alpha value is -0.920. The van der Waals surface area contributed by atoms with Crippen molar-refractivity contribution in [3.63, 3.8) is 0 Å². The molecular weight excluding hydrogens is 298 g/mol. The van der Waals surface area contributed by atoms with E-state index in [4.69, 9.17) is 0 Å². The van der Waals surface area contributed by atoms with Crippen molar-refractivity contribution in [1.29, 1.82) is 0 Å². The fourth-order valence-electron chi connectivity index (χ4n) is 2.23. The molecule has 1 aromatic rings. The van der Waals surface area contributed by atoms with Crippen LogP contribution < -0.4 is 0 Å². The molecule has 1 fully saturated rings. The van der Waals surface area contributed by atoms with Crippen molar-refractivity contribution in [2.45, 2.75) is 25.2 Å². The van der Waals surface area contributed by atoms with Gasteiger partial charge in [-0.2, -0.15) is 0 Å². The third-order valence-electron chi connectivity index (χ3n) is 3.72. The highest BCUT2D eigenvalue weighted by molar-refractivity contribution is 7.89. The Labute approximate surface area is 123 Å². The molecule has 1 aromatic heterocycles. The molecule has 1 heterocycles. The Morgan fingerprint density at radius 1 is 1.55 bits per heavy atom. The van der Waals surface area contributed by atoms with Crippen LogP contribution in [-0.2, 0) is 14.8 Å². The van der Waals surface area contributed by atoms with E-state index in [2.05, 4.69) is 11.7 Å². The van der Waals surface area contributed by atoms with Gasteiger partial charge in [-0.25, -0.2) is 17.5 Å². The van der Waals surface area contributed by atoms with Crippen molar-refractivity contribution in [3.8, 4) is 0 Å². The summed E-state index contributed by atoms with van der Waals surface area (Å²) in [6, 6.07) is 0. The van der Waals surface area contributed by atoms with E-state index in [1.54, 1.807) is 19.4 Å². The lowest BCUT2D eigenvalue weighted by Crippen LogP contribution is -2.30. The number of carbonyl (C=O) groups is 1. The van der Waals surface area contributed by atoms with Gasteiger partial charge in [0, 0.05) is 13.6 Å². The van der Waals surface area contributed by atoms with E-state index in [1.165, 1.54) is 11.4 Å². The van der Waals surface area contributed by atoms with Crippen LogP contribution >= 0.6 is 11.3 Å². The lowest BCUT2D eigenvalue weighted by atomic mass is 10.3. The van der Waals surface area contributed by atoms with E-state index in [9.17, 15) is 13.2 Å². The van der Waals surface area contributed by atoms with E-state index in [1.807, 2.05) is 0 Å². The maximum atomic E-state index is 12.7. The molecule has 2 unspecified atom stereocenters. The van der Waals surface area contributed by atoms with Gasteiger partial charge in [0.1, 0.15) is 9.77 Å². The van der Waals surface area contributed by atoms with Gasteiger partial charge >= 0.3 is 5.97 Å². The number of methoxy groups -OCH3 is 1. The first-order chi connectivity index (χ1) is 9.28. The van der Waals surface area contributed by atoms with Crippen molar-refractivity contribution in [3.05, 3.63) is 15.8 Å². The molecule has 0 radical (unpaired) electrons. The van der Waals surface area contributed by atoms with Gasteiger partial charge in [-0.15, -0.1) is 11.3 Å². The van der Waals surface area contributed by atoms with Gasteiger partial charge in [-0.05, 0) is 36.1 Å². The zero-order chi connectivity index (χ0) is 15.1. The summed E-state index contributed by atoms with van der Waals surface area (Å²) in [5.41, 5.74) is 0.589. The first kappa shape index (κ1) is 15.5. The van der Waals surface area contributed by atoms with Crippen LogP contribution in [0.5, 0.6) is 0 Å². The summed E-state index contributed by atoms with van der Waals surface area (Å²) in [7, 11) is -0.826. The summed E-state index contributed by atoms with van der Waals surface area (Å²) in [5, 5.41) is 1.67. The summed E-state index contributed by atoms with van der Waals surface area (Å²) in [5.74, 6) is 0.404. The van der Waals surface area contributed by atoms with Crippen molar-refractivity contribution < 1.29 is 17.9 Å². The minimum Gasteiger partial charge on any atom is -0.465 e. The van der Waals surface area contributed by atoms with E-state index < -0.39 is 16.0 Å². The fourth-order valence-corrected chi connectivity index (χ4v) is 5.10. The van der Waals surface area contributed by atoms with Gasteiger partial charge in [0.05, 0.1) is 7.11 Å². The first-order valence-corrected chi connectivity index (χ1v) is 8.73. The average molecular weight is 317 g/mol. The highest BCUT2D eigenvalue weighted by atomic mass is 32.2. The first-order valence-electron chi connectivity index (χ1n) is 6.41. The summed E-state index contributed by atoms with van der Waals surface area (Å²) in [6.45, 7) is 4.31. The third kappa shape index (κ3) is 2.75. The average Bonchev–Trinajstić information content (AvgIpc) is 2.92. The van der Waals surface area contributed by atoms with Gasteiger partial charge in [-0.3, -0.25) is 0 Å². The van der Waals surface area contributed by atoms with Crippen molar-refractivity contribution in [2.24, 2.45) is 11.8 Å². The van der Waals surface area contributed by atoms with Crippen LogP contribution in [0.3, 0.4) is 0 Å². The largest absolute Gasteiger partial charge is 0.465 e. The van der Waals surface area contributed by atoms with Gasteiger partial charge in [0.15, 0.2) is 0 Å². The standard InChI is InChI=1S/C13H19NO4S2/c1-8-5-10(8)6-14(3)20(16,17)12-9(2)7-19-11(12)13(15)18-4/h7-8,10H,5-6H2,1-4H3. The molecule has 0 bridgehead atoms. The highest BCUT2D eigenvalue weighted by Gasteiger charge is 2.38.